The Bertz CT molecular complexity index is 413. The second kappa shape index (κ2) is 8.13. The maximum Gasteiger partial charge on any atom is 0.126 e. The summed E-state index contributed by atoms with van der Waals surface area (Å²) in [7, 11) is 0. The fourth-order valence-electron chi connectivity index (χ4n) is 0.796. The molecule has 0 saturated heterocycles. The molecule has 1 N–H and O–H groups in total. The number of nitrogens with zero attached hydrogens (tertiary/aromatic N) is 4. The van der Waals surface area contributed by atoms with E-state index in [0.29, 0.717) is 0 Å². The number of rotatable bonds is 0. The molecule has 0 amide bonds. The van der Waals surface area contributed by atoms with Crippen LogP contribution in [0.1, 0.15) is 16.1 Å². The Morgan fingerprint density at radius 3 is 2.17 bits per heavy atom. The molecule has 3 heterocycles. The van der Waals surface area contributed by atoms with E-state index in [1.807, 2.05) is 32.5 Å². The van der Waals surface area contributed by atoms with Crippen molar-refractivity contribution < 1.29 is 4.52 Å². The lowest BCUT2D eigenvalue weighted by molar-refractivity contribution is 0.419. The van der Waals surface area contributed by atoms with Gasteiger partial charge in [-0.2, -0.15) is 15.4 Å². The van der Waals surface area contributed by atoms with E-state index < -0.39 is 0 Å². The molecule has 0 fully saturated rings. The maximum absolute atomic E-state index is 4.46. The lowest BCUT2D eigenvalue weighted by Crippen LogP contribution is -1.66. The Balaban J connectivity index is 0.000000135. The molecule has 3 aromatic rings. The van der Waals surface area contributed by atoms with Crippen molar-refractivity contribution in [3.63, 3.8) is 0 Å². The van der Waals surface area contributed by atoms with Crippen molar-refractivity contribution in [1.82, 2.24) is 25.6 Å². The molecule has 0 unspecified atom stereocenters. The van der Waals surface area contributed by atoms with Gasteiger partial charge in [-0.1, -0.05) is 5.16 Å². The summed E-state index contributed by atoms with van der Waals surface area (Å²) in [6.07, 6.45) is 6.78. The maximum atomic E-state index is 4.46. The first-order valence-corrected chi connectivity index (χ1v) is 6.10. The summed E-state index contributed by atoms with van der Waals surface area (Å²) < 4.78 is 4.46. The molecule has 0 spiro atoms. The van der Waals surface area contributed by atoms with Crippen molar-refractivity contribution >= 4 is 11.3 Å². The van der Waals surface area contributed by atoms with E-state index in [1.165, 1.54) is 4.88 Å². The van der Waals surface area contributed by atoms with Crippen molar-refractivity contribution in [2.24, 2.45) is 0 Å². The summed E-state index contributed by atoms with van der Waals surface area (Å²) in [5.41, 5.74) is 3.82. The zero-order valence-electron chi connectivity index (χ0n) is 10.5. The second-order valence-corrected chi connectivity index (χ2v) is 4.52. The Hall–Kier alpha value is -2.02. The average molecular weight is 265 g/mol. The fourth-order valence-corrected chi connectivity index (χ4v) is 1.21. The van der Waals surface area contributed by atoms with Crippen molar-refractivity contribution in [1.29, 1.82) is 0 Å². The third kappa shape index (κ3) is 6.54. The summed E-state index contributed by atoms with van der Waals surface area (Å²) in [5, 5.41) is 13.1. The van der Waals surface area contributed by atoms with Crippen LogP contribution in [0.15, 0.2) is 34.9 Å². The first-order valence-electron chi connectivity index (χ1n) is 5.22. The van der Waals surface area contributed by atoms with E-state index in [0.717, 1.165) is 11.3 Å². The van der Waals surface area contributed by atoms with Crippen LogP contribution in [-0.4, -0.2) is 25.6 Å². The summed E-state index contributed by atoms with van der Waals surface area (Å²) in [6.45, 7) is 5.84. The number of aryl methyl sites for hydroxylation is 3. The molecule has 0 atom stereocenters. The van der Waals surface area contributed by atoms with Gasteiger partial charge in [0.1, 0.15) is 6.26 Å². The van der Waals surface area contributed by atoms with Crippen LogP contribution < -0.4 is 0 Å². The van der Waals surface area contributed by atoms with Crippen LogP contribution in [0.5, 0.6) is 0 Å². The van der Waals surface area contributed by atoms with E-state index in [2.05, 4.69) is 30.1 Å². The molecule has 0 aromatic carbocycles. The molecule has 0 aliphatic carbocycles. The fraction of sp³-hybridized carbons (Fsp3) is 0.273. The van der Waals surface area contributed by atoms with Gasteiger partial charge in [0.05, 0.1) is 23.6 Å². The van der Waals surface area contributed by atoms with Crippen LogP contribution >= 0.6 is 11.3 Å². The number of thiazole rings is 1. The minimum Gasteiger partial charge on any atom is -0.365 e. The lowest BCUT2D eigenvalue weighted by atomic mass is 10.4. The van der Waals surface area contributed by atoms with Crippen LogP contribution in [-0.2, 0) is 0 Å². The summed E-state index contributed by atoms with van der Waals surface area (Å²) in [4.78, 5) is 5.11. The van der Waals surface area contributed by atoms with Gasteiger partial charge < -0.3 is 4.52 Å². The van der Waals surface area contributed by atoms with Gasteiger partial charge in [-0.05, 0) is 20.8 Å². The zero-order valence-corrected chi connectivity index (χ0v) is 11.3. The Morgan fingerprint density at radius 2 is 2.00 bits per heavy atom. The highest BCUT2D eigenvalue weighted by atomic mass is 32.1. The predicted molar refractivity (Wildman–Crippen MR) is 69.2 cm³/mol. The molecule has 0 aliphatic heterocycles. The summed E-state index contributed by atoms with van der Waals surface area (Å²) in [6, 6.07) is 0. The third-order valence-corrected chi connectivity index (χ3v) is 2.35. The molecule has 96 valence electrons. The Labute approximate surface area is 109 Å². The highest BCUT2D eigenvalue weighted by Crippen LogP contribution is 1.99. The zero-order chi connectivity index (χ0) is 13.2. The van der Waals surface area contributed by atoms with Gasteiger partial charge in [0, 0.05) is 16.6 Å². The van der Waals surface area contributed by atoms with Gasteiger partial charge in [0.15, 0.2) is 0 Å². The minimum absolute atomic E-state index is 0.926. The van der Waals surface area contributed by atoms with Gasteiger partial charge in [-0.3, -0.25) is 4.98 Å². The highest BCUT2D eigenvalue weighted by molar-refractivity contribution is 7.09. The van der Waals surface area contributed by atoms with Crippen LogP contribution in [0.3, 0.4) is 0 Å². The van der Waals surface area contributed by atoms with Gasteiger partial charge in [0.25, 0.3) is 0 Å². The topological polar surface area (TPSA) is 80.5 Å². The summed E-state index contributed by atoms with van der Waals surface area (Å²) in [5.74, 6) is 0. The normalized spacial score (nSPS) is 8.83. The molecular weight excluding hydrogens is 250 g/mol. The molecule has 6 nitrogen and oxygen atoms in total. The lowest BCUT2D eigenvalue weighted by Gasteiger charge is -1.63. The van der Waals surface area contributed by atoms with Crippen LogP contribution in [0.4, 0.5) is 0 Å². The largest absolute Gasteiger partial charge is 0.365 e. The number of hydrogen-bond acceptors (Lipinski definition) is 6. The third-order valence-electron chi connectivity index (χ3n) is 1.65. The molecule has 0 aliphatic rings. The molecule has 3 rings (SSSR count). The molecule has 3 aromatic heterocycles. The number of hydrogen-bond donors (Lipinski definition) is 1. The number of aromatic amines is 1. The van der Waals surface area contributed by atoms with Crippen LogP contribution in [0.25, 0.3) is 0 Å². The van der Waals surface area contributed by atoms with Crippen LogP contribution in [0.2, 0.25) is 0 Å². The van der Waals surface area contributed by atoms with Crippen molar-refractivity contribution in [3.8, 4) is 0 Å². The second-order valence-electron chi connectivity index (χ2n) is 3.43. The molecule has 18 heavy (non-hydrogen) atoms. The molecule has 0 bridgehead atoms. The number of nitrogens with one attached hydrogen (secondary N) is 1. The first kappa shape index (κ1) is 14.0. The van der Waals surface area contributed by atoms with Gasteiger partial charge in [0.2, 0.25) is 0 Å². The van der Waals surface area contributed by atoms with Crippen molar-refractivity contribution in [2.45, 2.75) is 20.8 Å². The smallest absolute Gasteiger partial charge is 0.126 e. The summed E-state index contributed by atoms with van der Waals surface area (Å²) >= 11 is 1.67. The van der Waals surface area contributed by atoms with Crippen molar-refractivity contribution in [3.05, 3.63) is 46.5 Å². The van der Waals surface area contributed by atoms with E-state index in [1.54, 1.807) is 30.0 Å². The van der Waals surface area contributed by atoms with Crippen LogP contribution in [0, 0.1) is 20.8 Å². The standard InChI is InChI=1S/C4H5NO.C4H5NS.C3H5N3/c1-4-2-5-6-3-4;1-4-2-5-3-6-4;1-3-2-4-6-5-3/h2*2-3H,1H3;2H,1H3,(H,4,5,6). The molecule has 7 heteroatoms. The van der Waals surface area contributed by atoms with E-state index >= 15 is 0 Å². The minimum atomic E-state index is 0.926. The number of aromatic nitrogens is 5. The van der Waals surface area contributed by atoms with E-state index in [9.17, 15) is 0 Å². The van der Waals surface area contributed by atoms with Gasteiger partial charge in [-0.25, -0.2) is 0 Å². The highest BCUT2D eigenvalue weighted by Gasteiger charge is 1.78. The van der Waals surface area contributed by atoms with Gasteiger partial charge in [-0.15, -0.1) is 11.3 Å². The molecular formula is C11H15N5OS. The first-order chi connectivity index (χ1) is 8.68. The average Bonchev–Trinajstić information content (AvgIpc) is 3.05. The Morgan fingerprint density at radius 1 is 1.17 bits per heavy atom. The molecule has 0 radical (unpaired) electrons. The van der Waals surface area contributed by atoms with Crippen molar-refractivity contribution in [2.75, 3.05) is 0 Å². The SMILES string of the molecule is Cc1cn[nH]n1.Cc1cncs1.Cc1cnoc1. The van der Waals surface area contributed by atoms with E-state index in [4.69, 9.17) is 0 Å². The molecule has 0 saturated carbocycles. The van der Waals surface area contributed by atoms with Gasteiger partial charge >= 0.3 is 0 Å². The number of H-pyrrole nitrogens is 1. The monoisotopic (exact) mass is 265 g/mol. The predicted octanol–water partition coefficient (Wildman–Crippen LogP) is 2.55. The van der Waals surface area contributed by atoms with E-state index in [-0.39, 0.29) is 0 Å². The Kier molecular flexibility index (Phi) is 6.34. The quantitative estimate of drug-likeness (QED) is 0.675.